The summed E-state index contributed by atoms with van der Waals surface area (Å²) < 4.78 is 5.20. The third kappa shape index (κ3) is 2.01. The number of carbonyl (C=O) groups is 1. The van der Waals surface area contributed by atoms with Gasteiger partial charge in [0.1, 0.15) is 5.52 Å². The first kappa shape index (κ1) is 10.6. The average Bonchev–Trinajstić information content (AvgIpc) is 2.55. The third-order valence-electron chi connectivity index (χ3n) is 2.20. The van der Waals surface area contributed by atoms with Gasteiger partial charge in [0.25, 0.3) is 0 Å². The number of nitrogens with two attached hydrogens (primary N) is 1. The van der Waals surface area contributed by atoms with Crippen molar-refractivity contribution in [3.8, 4) is 0 Å². The number of hydrogen-bond donors (Lipinski definition) is 2. The molecule has 2 rings (SSSR count). The van der Waals surface area contributed by atoms with Gasteiger partial charge in [0.2, 0.25) is 5.71 Å². The molecule has 2 aromatic heterocycles. The van der Waals surface area contributed by atoms with Crippen LogP contribution in [0.25, 0.3) is 11.2 Å². The molecule has 2 aromatic rings. The summed E-state index contributed by atoms with van der Waals surface area (Å²) in [6.45, 7) is 1.72. The summed E-state index contributed by atoms with van der Waals surface area (Å²) >= 11 is 0. The SMILES string of the molecule is Cc1nc2cc(C(N)CC(=O)O)cnc2o1. The molecule has 1 atom stereocenters. The van der Waals surface area contributed by atoms with Crippen molar-refractivity contribution in [1.82, 2.24) is 9.97 Å². The molecule has 0 amide bonds. The average molecular weight is 221 g/mol. The van der Waals surface area contributed by atoms with Crippen LogP contribution < -0.4 is 5.73 Å². The predicted octanol–water partition coefficient (Wildman–Crippen LogP) is 1.01. The van der Waals surface area contributed by atoms with Crippen LogP contribution in [0.3, 0.4) is 0 Å². The van der Waals surface area contributed by atoms with Crippen LogP contribution in [0.15, 0.2) is 16.7 Å². The van der Waals surface area contributed by atoms with Gasteiger partial charge in [-0.05, 0) is 11.6 Å². The van der Waals surface area contributed by atoms with E-state index in [9.17, 15) is 4.79 Å². The van der Waals surface area contributed by atoms with Crippen molar-refractivity contribution >= 4 is 17.2 Å². The second kappa shape index (κ2) is 3.90. The van der Waals surface area contributed by atoms with Crippen LogP contribution in [0.1, 0.15) is 23.9 Å². The first-order chi connectivity index (χ1) is 7.56. The van der Waals surface area contributed by atoms with Crippen LogP contribution in [0.4, 0.5) is 0 Å². The molecule has 0 aliphatic rings. The van der Waals surface area contributed by atoms with Crippen molar-refractivity contribution in [3.63, 3.8) is 0 Å². The second-order valence-electron chi connectivity index (χ2n) is 3.53. The largest absolute Gasteiger partial charge is 0.481 e. The standard InChI is InChI=1S/C10H11N3O3/c1-5-13-8-2-6(4-12-10(8)16-5)7(11)3-9(14)15/h2,4,7H,3,11H2,1H3,(H,14,15). The van der Waals surface area contributed by atoms with Crippen LogP contribution in [-0.2, 0) is 4.79 Å². The highest BCUT2D eigenvalue weighted by molar-refractivity contribution is 5.70. The summed E-state index contributed by atoms with van der Waals surface area (Å²) in [6, 6.07) is 1.12. The molecule has 0 saturated heterocycles. The van der Waals surface area contributed by atoms with E-state index in [1.54, 1.807) is 13.0 Å². The molecule has 0 fully saturated rings. The van der Waals surface area contributed by atoms with E-state index in [0.29, 0.717) is 22.7 Å². The van der Waals surface area contributed by atoms with Crippen molar-refractivity contribution in [1.29, 1.82) is 0 Å². The van der Waals surface area contributed by atoms with Gasteiger partial charge in [0.15, 0.2) is 5.89 Å². The van der Waals surface area contributed by atoms with Crippen molar-refractivity contribution in [2.45, 2.75) is 19.4 Å². The van der Waals surface area contributed by atoms with Crippen molar-refractivity contribution in [3.05, 3.63) is 23.7 Å². The number of carboxylic acid groups (broad SMARTS) is 1. The minimum absolute atomic E-state index is 0.135. The second-order valence-corrected chi connectivity index (χ2v) is 3.53. The Labute approximate surface area is 91.1 Å². The molecule has 0 saturated carbocycles. The Balaban J connectivity index is 2.34. The van der Waals surface area contributed by atoms with Crippen LogP contribution in [0, 0.1) is 6.92 Å². The third-order valence-corrected chi connectivity index (χ3v) is 2.20. The zero-order chi connectivity index (χ0) is 11.7. The summed E-state index contributed by atoms with van der Waals surface area (Å²) in [6.07, 6.45) is 1.38. The van der Waals surface area contributed by atoms with E-state index in [2.05, 4.69) is 9.97 Å². The number of aliphatic carboxylic acids is 1. The Kier molecular flexibility index (Phi) is 2.57. The lowest BCUT2D eigenvalue weighted by molar-refractivity contribution is -0.137. The molecule has 0 radical (unpaired) electrons. The fraction of sp³-hybridized carbons (Fsp3) is 0.300. The maximum absolute atomic E-state index is 10.5. The fourth-order valence-corrected chi connectivity index (χ4v) is 1.46. The van der Waals surface area contributed by atoms with Gasteiger partial charge in [-0.15, -0.1) is 0 Å². The minimum atomic E-state index is -0.941. The molecule has 3 N–H and O–H groups in total. The Morgan fingerprint density at radius 3 is 3.12 bits per heavy atom. The number of rotatable bonds is 3. The van der Waals surface area contributed by atoms with Gasteiger partial charge in [-0.2, -0.15) is 0 Å². The van der Waals surface area contributed by atoms with Gasteiger partial charge in [-0.25, -0.2) is 9.97 Å². The molecule has 0 aliphatic carbocycles. The Morgan fingerprint density at radius 2 is 2.44 bits per heavy atom. The molecular formula is C10H11N3O3. The van der Waals surface area contributed by atoms with E-state index in [0.717, 1.165) is 0 Å². The van der Waals surface area contributed by atoms with Crippen LogP contribution in [-0.4, -0.2) is 21.0 Å². The maximum Gasteiger partial charge on any atom is 0.305 e. The van der Waals surface area contributed by atoms with Crippen LogP contribution >= 0.6 is 0 Å². The molecule has 6 nitrogen and oxygen atoms in total. The molecular weight excluding hydrogens is 210 g/mol. The molecule has 0 aromatic carbocycles. The molecule has 1 unspecified atom stereocenters. The first-order valence-corrected chi connectivity index (χ1v) is 4.76. The van der Waals surface area contributed by atoms with Crippen molar-refractivity contribution < 1.29 is 14.3 Å². The van der Waals surface area contributed by atoms with Crippen molar-refractivity contribution in [2.24, 2.45) is 5.73 Å². The van der Waals surface area contributed by atoms with Crippen LogP contribution in [0.5, 0.6) is 0 Å². The molecule has 0 spiro atoms. The number of nitrogens with zero attached hydrogens (tertiary/aromatic N) is 2. The number of oxazole rings is 1. The van der Waals surface area contributed by atoms with Gasteiger partial charge >= 0.3 is 5.97 Å². The zero-order valence-electron chi connectivity index (χ0n) is 8.67. The monoisotopic (exact) mass is 221 g/mol. The lowest BCUT2D eigenvalue weighted by Gasteiger charge is -2.07. The number of aryl methyl sites for hydroxylation is 1. The quantitative estimate of drug-likeness (QED) is 0.801. The minimum Gasteiger partial charge on any atom is -0.481 e. The van der Waals surface area contributed by atoms with Gasteiger partial charge in [0, 0.05) is 19.2 Å². The van der Waals surface area contributed by atoms with E-state index in [1.165, 1.54) is 6.20 Å². The van der Waals surface area contributed by atoms with E-state index < -0.39 is 12.0 Å². The smallest absolute Gasteiger partial charge is 0.305 e. The van der Waals surface area contributed by atoms with Crippen molar-refractivity contribution in [2.75, 3.05) is 0 Å². The van der Waals surface area contributed by atoms with E-state index in [4.69, 9.17) is 15.3 Å². The normalized spacial score (nSPS) is 12.9. The van der Waals surface area contributed by atoms with Gasteiger partial charge in [-0.3, -0.25) is 4.79 Å². The summed E-state index contributed by atoms with van der Waals surface area (Å²) in [5.74, 6) is -0.421. The Morgan fingerprint density at radius 1 is 1.69 bits per heavy atom. The highest BCUT2D eigenvalue weighted by Crippen LogP contribution is 2.19. The molecule has 0 aliphatic heterocycles. The molecule has 16 heavy (non-hydrogen) atoms. The van der Waals surface area contributed by atoms with Gasteiger partial charge in [0.05, 0.1) is 6.42 Å². The molecule has 6 heteroatoms. The Hall–Kier alpha value is -1.95. The highest BCUT2D eigenvalue weighted by Gasteiger charge is 2.13. The number of fused-ring (bicyclic) bond motifs is 1. The lowest BCUT2D eigenvalue weighted by atomic mass is 10.1. The number of pyridine rings is 1. The Bertz CT molecular complexity index is 535. The van der Waals surface area contributed by atoms with E-state index in [-0.39, 0.29) is 6.42 Å². The molecule has 0 bridgehead atoms. The van der Waals surface area contributed by atoms with Crippen LogP contribution in [0.2, 0.25) is 0 Å². The number of carboxylic acids is 1. The maximum atomic E-state index is 10.5. The summed E-state index contributed by atoms with van der Waals surface area (Å²) in [7, 11) is 0. The van der Waals surface area contributed by atoms with Gasteiger partial charge < -0.3 is 15.3 Å². The molecule has 2 heterocycles. The number of hydrogen-bond acceptors (Lipinski definition) is 5. The lowest BCUT2D eigenvalue weighted by Crippen LogP contribution is -2.15. The number of aromatic nitrogens is 2. The van der Waals surface area contributed by atoms with E-state index in [1.807, 2.05) is 0 Å². The highest BCUT2D eigenvalue weighted by atomic mass is 16.4. The van der Waals surface area contributed by atoms with Gasteiger partial charge in [-0.1, -0.05) is 0 Å². The van der Waals surface area contributed by atoms with E-state index >= 15 is 0 Å². The predicted molar refractivity (Wildman–Crippen MR) is 55.7 cm³/mol. The summed E-state index contributed by atoms with van der Waals surface area (Å²) in [5, 5.41) is 8.63. The summed E-state index contributed by atoms with van der Waals surface area (Å²) in [4.78, 5) is 18.6. The zero-order valence-corrected chi connectivity index (χ0v) is 8.67. The molecule has 84 valence electrons. The topological polar surface area (TPSA) is 102 Å². The first-order valence-electron chi connectivity index (χ1n) is 4.76. The summed E-state index contributed by atoms with van der Waals surface area (Å²) in [5.41, 5.74) is 7.38. The fourth-order valence-electron chi connectivity index (χ4n) is 1.46.